The average Bonchev–Trinajstić information content (AvgIpc) is 3.31. The Hall–Kier alpha value is -4.79. The number of nitrogens with zero attached hydrogens (tertiary/aromatic N) is 1. The molecule has 1 aliphatic heterocycles. The minimum atomic E-state index is -0.388. The first-order valence-electron chi connectivity index (χ1n) is 12.5. The van der Waals surface area contributed by atoms with Gasteiger partial charge >= 0.3 is 6.03 Å². The van der Waals surface area contributed by atoms with Crippen molar-refractivity contribution in [2.75, 3.05) is 30.8 Å². The molecule has 194 valence electrons. The number of hydrogen-bond acceptors (Lipinski definition) is 4. The first-order chi connectivity index (χ1) is 18.5. The molecule has 1 aliphatic rings. The van der Waals surface area contributed by atoms with Gasteiger partial charge in [0.25, 0.3) is 5.91 Å². The van der Waals surface area contributed by atoms with Crippen LogP contribution in [0.3, 0.4) is 0 Å². The number of carbonyl (C=O) groups excluding carboxylic acids is 3. The molecule has 4 amide bonds. The lowest BCUT2D eigenvalue weighted by molar-refractivity contribution is -0.121. The number of fused-ring (bicyclic) bond motifs is 3. The molecule has 9 nitrogen and oxygen atoms in total. The maximum absolute atomic E-state index is 12.7. The van der Waals surface area contributed by atoms with Gasteiger partial charge in [-0.2, -0.15) is 0 Å². The highest BCUT2D eigenvalue weighted by atomic mass is 16.5. The van der Waals surface area contributed by atoms with E-state index in [9.17, 15) is 14.4 Å². The van der Waals surface area contributed by atoms with Crippen LogP contribution >= 0.6 is 0 Å². The second-order valence-corrected chi connectivity index (χ2v) is 9.13. The second kappa shape index (κ2) is 11.1. The maximum Gasteiger partial charge on any atom is 0.323 e. The smallest absolute Gasteiger partial charge is 0.323 e. The molecule has 1 aromatic heterocycles. The number of urea groups is 1. The molecule has 1 unspecified atom stereocenters. The Balaban J connectivity index is 1.25. The number of rotatable bonds is 8. The summed E-state index contributed by atoms with van der Waals surface area (Å²) in [5, 5.41) is 12.3. The van der Waals surface area contributed by atoms with Crippen molar-refractivity contribution in [2.45, 2.75) is 18.9 Å². The van der Waals surface area contributed by atoms with Gasteiger partial charge in [-0.1, -0.05) is 30.3 Å². The van der Waals surface area contributed by atoms with Crippen LogP contribution in [0.15, 0.2) is 78.9 Å². The molecule has 0 radical (unpaired) electrons. The van der Waals surface area contributed by atoms with Crippen molar-refractivity contribution < 1.29 is 19.1 Å². The zero-order valence-electron chi connectivity index (χ0n) is 21.0. The summed E-state index contributed by atoms with van der Waals surface area (Å²) in [4.78, 5) is 37.8. The summed E-state index contributed by atoms with van der Waals surface area (Å²) in [6.45, 7) is 0.917. The van der Waals surface area contributed by atoms with E-state index in [1.54, 1.807) is 43.5 Å². The van der Waals surface area contributed by atoms with Crippen LogP contribution in [0.25, 0.3) is 10.9 Å². The van der Waals surface area contributed by atoms with Crippen molar-refractivity contribution >= 4 is 40.1 Å². The number of ether oxygens (including phenoxy) is 1. The van der Waals surface area contributed by atoms with Gasteiger partial charge in [-0.05, 0) is 60.5 Å². The van der Waals surface area contributed by atoms with Crippen LogP contribution in [0.2, 0.25) is 0 Å². The van der Waals surface area contributed by atoms with Gasteiger partial charge in [0.05, 0.1) is 13.2 Å². The lowest BCUT2D eigenvalue weighted by Gasteiger charge is -2.27. The molecule has 9 heteroatoms. The molecule has 5 rings (SSSR count). The first-order valence-corrected chi connectivity index (χ1v) is 12.5. The quantitative estimate of drug-likeness (QED) is 0.282. The molecule has 0 aliphatic carbocycles. The van der Waals surface area contributed by atoms with E-state index < -0.39 is 0 Å². The van der Waals surface area contributed by atoms with Crippen molar-refractivity contribution in [3.8, 4) is 5.75 Å². The predicted molar refractivity (Wildman–Crippen MR) is 147 cm³/mol. The molecule has 0 saturated heterocycles. The third-order valence-electron chi connectivity index (χ3n) is 6.54. The molecule has 1 atom stereocenters. The number of amides is 4. The van der Waals surface area contributed by atoms with Crippen molar-refractivity contribution in [1.82, 2.24) is 15.2 Å². The highest BCUT2D eigenvalue weighted by Crippen LogP contribution is 2.30. The van der Waals surface area contributed by atoms with E-state index in [0.717, 1.165) is 17.3 Å². The number of nitrogens with one attached hydrogen (secondary N) is 4. The molecular formula is C29H29N5O4. The van der Waals surface area contributed by atoms with Crippen molar-refractivity contribution in [3.05, 3.63) is 90.1 Å². The molecular weight excluding hydrogens is 482 g/mol. The molecule has 4 aromatic rings. The van der Waals surface area contributed by atoms with Crippen LogP contribution in [0, 0.1) is 0 Å². The molecule has 38 heavy (non-hydrogen) atoms. The van der Waals surface area contributed by atoms with Gasteiger partial charge in [0.15, 0.2) is 0 Å². The summed E-state index contributed by atoms with van der Waals surface area (Å²) < 4.78 is 7.06. The van der Waals surface area contributed by atoms with E-state index in [4.69, 9.17) is 4.74 Å². The highest BCUT2D eigenvalue weighted by Gasteiger charge is 2.28. The lowest BCUT2D eigenvalue weighted by atomic mass is 10.1. The SMILES string of the molecule is COc1ccc(NC(=O)Nc2ccc3c(c2)cc2n3C(CC(=O)NCCc3ccccc3)CNC2=O)cc1. The van der Waals surface area contributed by atoms with E-state index in [1.807, 2.05) is 47.0 Å². The number of methoxy groups -OCH3 is 1. The topological polar surface area (TPSA) is 113 Å². The fourth-order valence-corrected chi connectivity index (χ4v) is 4.68. The van der Waals surface area contributed by atoms with Crippen LogP contribution in [0.5, 0.6) is 5.75 Å². The Morgan fingerprint density at radius 3 is 2.47 bits per heavy atom. The third-order valence-corrected chi connectivity index (χ3v) is 6.54. The van der Waals surface area contributed by atoms with Gasteiger partial charge in [0.1, 0.15) is 11.4 Å². The fraction of sp³-hybridized carbons (Fsp3) is 0.207. The van der Waals surface area contributed by atoms with E-state index >= 15 is 0 Å². The summed E-state index contributed by atoms with van der Waals surface area (Å²) >= 11 is 0. The number of benzene rings is 3. The number of aromatic nitrogens is 1. The Labute approximate surface area is 220 Å². The zero-order valence-corrected chi connectivity index (χ0v) is 21.0. The van der Waals surface area contributed by atoms with E-state index in [1.165, 1.54) is 5.56 Å². The van der Waals surface area contributed by atoms with Crippen molar-refractivity contribution in [1.29, 1.82) is 0 Å². The van der Waals surface area contributed by atoms with Crippen molar-refractivity contribution in [2.24, 2.45) is 0 Å². The van der Waals surface area contributed by atoms with Gasteiger partial charge in [0.2, 0.25) is 5.91 Å². The molecule has 3 aromatic carbocycles. The minimum absolute atomic E-state index is 0.0663. The summed E-state index contributed by atoms with van der Waals surface area (Å²) in [6.07, 6.45) is 1.00. The Morgan fingerprint density at radius 1 is 0.974 bits per heavy atom. The van der Waals surface area contributed by atoms with Crippen molar-refractivity contribution in [3.63, 3.8) is 0 Å². The molecule has 0 fully saturated rings. The third kappa shape index (κ3) is 5.62. The predicted octanol–water partition coefficient (Wildman–Crippen LogP) is 4.33. The van der Waals surface area contributed by atoms with Gasteiger partial charge < -0.3 is 30.6 Å². The van der Waals surface area contributed by atoms with E-state index in [0.29, 0.717) is 35.9 Å². The summed E-state index contributed by atoms with van der Waals surface area (Å²) in [7, 11) is 1.58. The Kier molecular flexibility index (Phi) is 7.26. The van der Waals surface area contributed by atoms with Crippen LogP contribution in [-0.2, 0) is 11.2 Å². The summed E-state index contributed by atoms with van der Waals surface area (Å²) in [6, 6.07) is 23.7. The van der Waals surface area contributed by atoms with Crippen LogP contribution in [-0.4, -0.2) is 42.6 Å². The fourth-order valence-electron chi connectivity index (χ4n) is 4.68. The van der Waals surface area contributed by atoms with Gasteiger partial charge in [-0.15, -0.1) is 0 Å². The van der Waals surface area contributed by atoms with E-state index in [-0.39, 0.29) is 30.3 Å². The standard InChI is InChI=1S/C29H29N5O4/c1-38-24-10-7-21(8-11-24)32-29(37)33-22-9-12-25-20(15-22)16-26-28(36)31-18-23(34(25)26)17-27(35)30-14-13-19-5-3-2-4-6-19/h2-12,15-16,23H,13-14,17-18H2,1H3,(H,30,35)(H,31,36)(H2,32,33,37). The van der Waals surface area contributed by atoms with Gasteiger partial charge in [-0.25, -0.2) is 4.79 Å². The first kappa shape index (κ1) is 24.9. The number of carbonyl (C=O) groups is 3. The number of hydrogen-bond donors (Lipinski definition) is 4. The average molecular weight is 512 g/mol. The molecule has 0 saturated carbocycles. The minimum Gasteiger partial charge on any atom is -0.497 e. The largest absolute Gasteiger partial charge is 0.497 e. The van der Waals surface area contributed by atoms with Crippen LogP contribution in [0.4, 0.5) is 16.2 Å². The maximum atomic E-state index is 12.7. The van der Waals surface area contributed by atoms with Crippen LogP contribution in [0.1, 0.15) is 28.5 Å². The Bertz CT molecular complexity index is 1460. The normalized spacial score (nSPS) is 14.3. The van der Waals surface area contributed by atoms with E-state index in [2.05, 4.69) is 21.3 Å². The lowest BCUT2D eigenvalue weighted by Crippen LogP contribution is -2.41. The molecule has 0 bridgehead atoms. The summed E-state index contributed by atoms with van der Waals surface area (Å²) in [5.74, 6) is 0.447. The highest BCUT2D eigenvalue weighted by molar-refractivity contribution is 6.03. The van der Waals surface area contributed by atoms with Gasteiger partial charge in [0, 0.05) is 41.8 Å². The monoisotopic (exact) mass is 511 g/mol. The van der Waals surface area contributed by atoms with Crippen LogP contribution < -0.4 is 26.0 Å². The Morgan fingerprint density at radius 2 is 1.71 bits per heavy atom. The van der Waals surface area contributed by atoms with Gasteiger partial charge in [-0.3, -0.25) is 9.59 Å². The summed E-state index contributed by atoms with van der Waals surface area (Å²) in [5.41, 5.74) is 3.71. The molecule has 4 N–H and O–H groups in total. The zero-order chi connectivity index (χ0) is 26.5. The molecule has 0 spiro atoms. The number of anilines is 2. The molecule has 2 heterocycles. The second-order valence-electron chi connectivity index (χ2n) is 9.13.